The summed E-state index contributed by atoms with van der Waals surface area (Å²) in [5.41, 5.74) is -3.32. The van der Waals surface area contributed by atoms with Gasteiger partial charge in [0.1, 0.15) is 12.4 Å². The molecule has 1 heterocycles. The molecule has 1 atom stereocenters. The largest absolute Gasteiger partial charge is 0.486 e. The highest BCUT2D eigenvalue weighted by molar-refractivity contribution is 6.07. The molecule has 0 radical (unpaired) electrons. The van der Waals surface area contributed by atoms with E-state index in [0.29, 0.717) is 5.75 Å². The molecule has 0 aromatic heterocycles. The third kappa shape index (κ3) is 4.39. The summed E-state index contributed by atoms with van der Waals surface area (Å²) in [6.07, 6.45) is -5.19. The number of carbonyl (C=O) groups is 1. The summed E-state index contributed by atoms with van der Waals surface area (Å²) in [5.74, 6) is -2.03. The van der Waals surface area contributed by atoms with Crippen molar-refractivity contribution in [1.29, 1.82) is 0 Å². The summed E-state index contributed by atoms with van der Waals surface area (Å²) in [5, 5.41) is 0. The molecular formula is C20H17F3N2O4. The van der Waals surface area contributed by atoms with Crippen molar-refractivity contribution in [3.05, 3.63) is 66.2 Å². The molecule has 0 spiro atoms. The average Bonchev–Trinajstić information content (AvgIpc) is 2.73. The summed E-state index contributed by atoms with van der Waals surface area (Å²) in [6.45, 7) is 0.713. The molecule has 6 nitrogen and oxygen atoms in total. The molecule has 0 saturated heterocycles. The van der Waals surface area contributed by atoms with E-state index in [1.807, 2.05) is 0 Å². The number of amidine groups is 1. The molecule has 1 aliphatic rings. The van der Waals surface area contributed by atoms with Gasteiger partial charge in [0.05, 0.1) is 6.61 Å². The molecule has 1 aliphatic heterocycles. The SMILES string of the molecule is CCOC(=O)C1(C(F)(F)F)N=C(COc2ccccc2)N=C(c2ccccc2)O1. The van der Waals surface area contributed by atoms with Gasteiger partial charge in [0.25, 0.3) is 0 Å². The van der Waals surface area contributed by atoms with Crippen molar-refractivity contribution in [2.24, 2.45) is 9.98 Å². The van der Waals surface area contributed by atoms with Crippen LogP contribution in [0, 0.1) is 0 Å². The van der Waals surface area contributed by atoms with Crippen LogP contribution in [0.4, 0.5) is 13.2 Å². The van der Waals surface area contributed by atoms with Crippen molar-refractivity contribution in [2.45, 2.75) is 18.8 Å². The first-order valence-corrected chi connectivity index (χ1v) is 8.69. The maximum Gasteiger partial charge on any atom is 0.463 e. The minimum Gasteiger partial charge on any atom is -0.486 e. The van der Waals surface area contributed by atoms with Crippen LogP contribution in [0.1, 0.15) is 12.5 Å². The predicted octanol–water partition coefficient (Wildman–Crippen LogP) is 3.76. The zero-order valence-electron chi connectivity index (χ0n) is 15.3. The number of aliphatic imine (C=N–C) groups is 2. The Kier molecular flexibility index (Phi) is 5.86. The van der Waals surface area contributed by atoms with Gasteiger partial charge >= 0.3 is 17.9 Å². The second kappa shape index (κ2) is 8.34. The van der Waals surface area contributed by atoms with Gasteiger partial charge in [-0.15, -0.1) is 0 Å². The number of benzene rings is 2. The number of carbonyl (C=O) groups excluding carboxylic acids is 1. The summed E-state index contributed by atoms with van der Waals surface area (Å²) in [6, 6.07) is 16.3. The Morgan fingerprint density at radius 1 is 1.07 bits per heavy atom. The molecule has 0 bridgehead atoms. The summed E-state index contributed by atoms with van der Waals surface area (Å²) in [4.78, 5) is 19.8. The first-order valence-electron chi connectivity index (χ1n) is 8.69. The first kappa shape index (κ1) is 20.4. The average molecular weight is 406 g/mol. The van der Waals surface area contributed by atoms with Crippen molar-refractivity contribution in [2.75, 3.05) is 13.2 Å². The smallest absolute Gasteiger partial charge is 0.463 e. The fourth-order valence-electron chi connectivity index (χ4n) is 2.50. The Balaban J connectivity index is 2.02. The van der Waals surface area contributed by atoms with Crippen LogP contribution >= 0.6 is 0 Å². The van der Waals surface area contributed by atoms with E-state index in [-0.39, 0.29) is 18.0 Å². The number of rotatable bonds is 6. The van der Waals surface area contributed by atoms with Crippen molar-refractivity contribution in [3.63, 3.8) is 0 Å². The number of esters is 1. The van der Waals surface area contributed by atoms with Gasteiger partial charge in [-0.05, 0) is 31.2 Å². The molecular weight excluding hydrogens is 389 g/mol. The van der Waals surface area contributed by atoms with Gasteiger partial charge in [-0.3, -0.25) is 0 Å². The van der Waals surface area contributed by atoms with Crippen LogP contribution in [-0.4, -0.2) is 42.8 Å². The number of para-hydroxylation sites is 1. The first-order chi connectivity index (χ1) is 13.9. The van der Waals surface area contributed by atoms with Gasteiger partial charge in [-0.25, -0.2) is 9.79 Å². The van der Waals surface area contributed by atoms with Gasteiger partial charge in [-0.1, -0.05) is 36.4 Å². The molecule has 2 aromatic rings. The van der Waals surface area contributed by atoms with E-state index in [4.69, 9.17) is 9.47 Å². The van der Waals surface area contributed by atoms with Gasteiger partial charge in [0.15, 0.2) is 5.84 Å². The highest BCUT2D eigenvalue weighted by Gasteiger charge is 2.67. The number of hydrogen-bond donors (Lipinski definition) is 0. The van der Waals surface area contributed by atoms with Crippen LogP contribution in [-0.2, 0) is 14.3 Å². The minimum atomic E-state index is -5.19. The second-order valence-corrected chi connectivity index (χ2v) is 5.88. The normalized spacial score (nSPS) is 18.9. The Bertz CT molecular complexity index is 914. The van der Waals surface area contributed by atoms with Crippen molar-refractivity contribution in [3.8, 4) is 5.75 Å². The lowest BCUT2D eigenvalue weighted by atomic mass is 10.1. The van der Waals surface area contributed by atoms with Crippen LogP contribution in [0.3, 0.4) is 0 Å². The van der Waals surface area contributed by atoms with Crippen LogP contribution in [0.15, 0.2) is 70.6 Å². The molecule has 152 valence electrons. The third-order valence-electron chi connectivity index (χ3n) is 3.83. The Hall–Kier alpha value is -3.36. The quantitative estimate of drug-likeness (QED) is 0.685. The lowest BCUT2D eigenvalue weighted by Crippen LogP contribution is -2.57. The van der Waals surface area contributed by atoms with E-state index in [2.05, 4.69) is 14.7 Å². The summed E-state index contributed by atoms with van der Waals surface area (Å²) >= 11 is 0. The number of hydrogen-bond acceptors (Lipinski definition) is 6. The van der Waals surface area contributed by atoms with E-state index in [1.165, 1.54) is 19.1 Å². The standard InChI is InChI=1S/C20H17F3N2O4/c1-2-27-18(26)19(20(21,22)23)25-16(13-28-15-11-7-4-8-12-15)24-17(29-19)14-9-5-3-6-10-14/h3-12H,2,13H2,1H3. The van der Waals surface area contributed by atoms with Gasteiger partial charge < -0.3 is 14.2 Å². The van der Waals surface area contributed by atoms with Crippen molar-refractivity contribution < 1.29 is 32.2 Å². The fraction of sp³-hybridized carbons (Fsp3) is 0.250. The fourth-order valence-corrected chi connectivity index (χ4v) is 2.50. The molecule has 3 rings (SSSR count). The topological polar surface area (TPSA) is 69.5 Å². The molecule has 9 heteroatoms. The predicted molar refractivity (Wildman–Crippen MR) is 98.9 cm³/mol. The number of halogens is 3. The van der Waals surface area contributed by atoms with E-state index < -0.39 is 30.4 Å². The maximum absolute atomic E-state index is 14.0. The van der Waals surface area contributed by atoms with Gasteiger partial charge in [-0.2, -0.15) is 18.2 Å². The molecule has 0 amide bonds. The Labute approximate surface area is 164 Å². The highest BCUT2D eigenvalue weighted by atomic mass is 19.4. The zero-order valence-corrected chi connectivity index (χ0v) is 15.3. The molecule has 29 heavy (non-hydrogen) atoms. The van der Waals surface area contributed by atoms with Gasteiger partial charge in [0.2, 0.25) is 5.90 Å². The number of nitrogens with zero attached hydrogens (tertiary/aromatic N) is 2. The van der Waals surface area contributed by atoms with Gasteiger partial charge in [0, 0.05) is 5.56 Å². The van der Waals surface area contributed by atoms with Crippen LogP contribution in [0.25, 0.3) is 0 Å². The summed E-state index contributed by atoms with van der Waals surface area (Å²) in [7, 11) is 0. The molecule has 0 fully saturated rings. The van der Waals surface area contributed by atoms with E-state index in [0.717, 1.165) is 0 Å². The molecule has 0 saturated carbocycles. The lowest BCUT2D eigenvalue weighted by molar-refractivity contribution is -0.255. The van der Waals surface area contributed by atoms with Crippen LogP contribution < -0.4 is 4.74 Å². The van der Waals surface area contributed by atoms with E-state index >= 15 is 0 Å². The highest BCUT2D eigenvalue weighted by Crippen LogP contribution is 2.39. The van der Waals surface area contributed by atoms with Crippen molar-refractivity contribution in [1.82, 2.24) is 0 Å². The maximum atomic E-state index is 14.0. The van der Waals surface area contributed by atoms with E-state index in [1.54, 1.807) is 48.5 Å². The molecule has 0 aliphatic carbocycles. The number of ether oxygens (including phenoxy) is 3. The van der Waals surface area contributed by atoms with E-state index in [9.17, 15) is 18.0 Å². The second-order valence-electron chi connectivity index (χ2n) is 5.88. The lowest BCUT2D eigenvalue weighted by Gasteiger charge is -2.33. The molecule has 0 N–H and O–H groups in total. The van der Waals surface area contributed by atoms with Crippen LogP contribution in [0.5, 0.6) is 5.75 Å². The summed E-state index contributed by atoms with van der Waals surface area (Å²) < 4.78 is 57.0. The molecule has 2 aromatic carbocycles. The zero-order chi connectivity index (χ0) is 20.9. The third-order valence-corrected chi connectivity index (χ3v) is 3.83. The minimum absolute atomic E-state index is 0.248. The Morgan fingerprint density at radius 3 is 2.28 bits per heavy atom. The monoisotopic (exact) mass is 406 g/mol. The Morgan fingerprint density at radius 2 is 1.69 bits per heavy atom. The molecule has 1 unspecified atom stereocenters. The number of alkyl halides is 3. The van der Waals surface area contributed by atoms with Crippen molar-refractivity contribution >= 4 is 17.7 Å². The van der Waals surface area contributed by atoms with Crippen LogP contribution in [0.2, 0.25) is 0 Å².